The molecule has 2 rings (SSSR count). The molecule has 0 aliphatic carbocycles. The van der Waals surface area contributed by atoms with E-state index >= 15 is 0 Å². The fourth-order valence-electron chi connectivity index (χ4n) is 2.11. The number of hydrogen-bond acceptors (Lipinski definition) is 3. The van der Waals surface area contributed by atoms with E-state index in [1.807, 2.05) is 24.3 Å². The molecule has 4 nitrogen and oxygen atoms in total. The molecule has 1 aromatic carbocycles. The molecule has 1 heterocycles. The molecular formula is C13H15IN2O2S. The summed E-state index contributed by atoms with van der Waals surface area (Å²) >= 11 is 7.30. The topological polar surface area (TPSA) is 64.4 Å². The van der Waals surface area contributed by atoms with E-state index in [4.69, 9.17) is 22.7 Å². The van der Waals surface area contributed by atoms with Crippen molar-refractivity contribution >= 4 is 51.4 Å². The Balaban J connectivity index is 2.21. The Bertz CT molecular complexity index is 501. The number of nitrogens with two attached hydrogens (primary N) is 1. The Morgan fingerprint density at radius 3 is 2.58 bits per heavy atom. The maximum Gasteiger partial charge on any atom is 0.237 e. The highest BCUT2D eigenvalue weighted by Gasteiger charge is 2.43. The highest BCUT2D eigenvalue weighted by atomic mass is 127. The van der Waals surface area contributed by atoms with Crippen molar-refractivity contribution in [3.8, 4) is 0 Å². The summed E-state index contributed by atoms with van der Waals surface area (Å²) in [6, 6.07) is 7.62. The third-order valence-corrected chi connectivity index (χ3v) is 4.71. The first-order valence-electron chi connectivity index (χ1n) is 6.00. The minimum atomic E-state index is -0.785. The van der Waals surface area contributed by atoms with E-state index in [1.165, 1.54) is 0 Å². The van der Waals surface area contributed by atoms with Crippen LogP contribution in [0.4, 0.5) is 5.69 Å². The van der Waals surface area contributed by atoms with Crippen molar-refractivity contribution in [3.63, 3.8) is 0 Å². The van der Waals surface area contributed by atoms with Gasteiger partial charge in [-0.2, -0.15) is 0 Å². The average Bonchev–Trinajstić information content (AvgIpc) is 2.42. The summed E-state index contributed by atoms with van der Waals surface area (Å²) in [6.07, 6.45) is 1.08. The number of benzene rings is 1. The molecule has 0 atom stereocenters. The van der Waals surface area contributed by atoms with Crippen molar-refractivity contribution in [2.24, 2.45) is 11.1 Å². The zero-order valence-corrected chi connectivity index (χ0v) is 13.3. The van der Waals surface area contributed by atoms with Crippen LogP contribution in [0.15, 0.2) is 24.3 Å². The number of carbonyl (C=O) groups is 1. The van der Waals surface area contributed by atoms with Crippen molar-refractivity contribution in [1.82, 2.24) is 0 Å². The van der Waals surface area contributed by atoms with E-state index in [1.54, 1.807) is 0 Å². The molecule has 1 saturated heterocycles. The first-order valence-corrected chi connectivity index (χ1v) is 7.48. The van der Waals surface area contributed by atoms with Gasteiger partial charge in [-0.3, -0.25) is 4.79 Å². The second kappa shape index (κ2) is 6.15. The number of nitrogens with one attached hydrogen (secondary N) is 1. The summed E-state index contributed by atoms with van der Waals surface area (Å²) in [5.41, 5.74) is 5.81. The van der Waals surface area contributed by atoms with Crippen LogP contribution in [0.25, 0.3) is 0 Å². The van der Waals surface area contributed by atoms with E-state index in [0.717, 1.165) is 9.26 Å². The van der Waals surface area contributed by atoms with Crippen LogP contribution in [-0.2, 0) is 9.53 Å². The zero-order valence-electron chi connectivity index (χ0n) is 10.3. The lowest BCUT2D eigenvalue weighted by atomic mass is 9.79. The van der Waals surface area contributed by atoms with Gasteiger partial charge in [0.05, 0.1) is 10.7 Å². The molecule has 3 N–H and O–H groups in total. The van der Waals surface area contributed by atoms with Gasteiger partial charge in [0, 0.05) is 16.8 Å². The Kier molecular flexibility index (Phi) is 4.75. The number of thiocarbonyl (C=S) groups is 1. The van der Waals surface area contributed by atoms with Crippen LogP contribution in [0.3, 0.4) is 0 Å². The van der Waals surface area contributed by atoms with Crippen LogP contribution >= 0.6 is 34.8 Å². The molecule has 0 bridgehead atoms. The molecule has 1 aromatic rings. The van der Waals surface area contributed by atoms with Gasteiger partial charge in [-0.25, -0.2) is 0 Å². The molecule has 0 spiro atoms. The standard InChI is InChI=1S/C13H15IN2O2S/c14-9-3-1-2-4-10(9)16-12(17)13(11(15)19)5-7-18-8-6-13/h1-4H,5-8H2,(H2,15,19)(H,16,17). The van der Waals surface area contributed by atoms with Gasteiger partial charge in [-0.1, -0.05) is 24.4 Å². The summed E-state index contributed by atoms with van der Waals surface area (Å²) in [6.45, 7) is 1.02. The number of carbonyl (C=O) groups excluding carboxylic acids is 1. The molecular weight excluding hydrogens is 375 g/mol. The first kappa shape index (κ1) is 14.7. The highest BCUT2D eigenvalue weighted by Crippen LogP contribution is 2.33. The molecule has 1 fully saturated rings. The van der Waals surface area contributed by atoms with Gasteiger partial charge in [-0.05, 0) is 47.6 Å². The summed E-state index contributed by atoms with van der Waals surface area (Å²) in [5.74, 6) is -0.132. The predicted molar refractivity (Wildman–Crippen MR) is 87.1 cm³/mol. The van der Waals surface area contributed by atoms with Crippen LogP contribution in [0.2, 0.25) is 0 Å². The molecule has 1 aliphatic rings. The lowest BCUT2D eigenvalue weighted by molar-refractivity contribution is -0.126. The molecule has 102 valence electrons. The Morgan fingerprint density at radius 2 is 2.00 bits per heavy atom. The summed E-state index contributed by atoms with van der Waals surface area (Å²) in [4.78, 5) is 12.8. The minimum absolute atomic E-state index is 0.132. The van der Waals surface area contributed by atoms with Crippen LogP contribution < -0.4 is 11.1 Å². The second-order valence-corrected chi connectivity index (χ2v) is 6.09. The lowest BCUT2D eigenvalue weighted by Gasteiger charge is -2.34. The van der Waals surface area contributed by atoms with Crippen molar-refractivity contribution < 1.29 is 9.53 Å². The predicted octanol–water partition coefficient (Wildman–Crippen LogP) is 2.31. The molecule has 0 unspecified atom stereocenters. The van der Waals surface area contributed by atoms with Crippen molar-refractivity contribution in [2.45, 2.75) is 12.8 Å². The van der Waals surface area contributed by atoms with Crippen molar-refractivity contribution in [1.29, 1.82) is 0 Å². The average molecular weight is 390 g/mol. The summed E-state index contributed by atoms with van der Waals surface area (Å²) in [5, 5.41) is 2.93. The van der Waals surface area contributed by atoms with Crippen molar-refractivity contribution in [2.75, 3.05) is 18.5 Å². The van der Waals surface area contributed by atoms with Crippen LogP contribution in [0.5, 0.6) is 0 Å². The molecule has 6 heteroatoms. The van der Waals surface area contributed by atoms with Gasteiger partial charge < -0.3 is 15.8 Å². The smallest absolute Gasteiger partial charge is 0.237 e. The van der Waals surface area contributed by atoms with Gasteiger partial charge in [0.2, 0.25) is 5.91 Å². The maximum absolute atomic E-state index is 12.5. The third-order valence-electron chi connectivity index (χ3n) is 3.37. The molecule has 1 aliphatic heterocycles. The summed E-state index contributed by atoms with van der Waals surface area (Å²) < 4.78 is 6.29. The van der Waals surface area contributed by atoms with E-state index in [2.05, 4.69) is 27.9 Å². The SMILES string of the molecule is NC(=S)C1(C(=O)Nc2ccccc2I)CCOCC1. The highest BCUT2D eigenvalue weighted by molar-refractivity contribution is 14.1. The molecule has 0 aromatic heterocycles. The number of para-hydroxylation sites is 1. The van der Waals surface area contributed by atoms with E-state index in [0.29, 0.717) is 26.1 Å². The normalized spacial score (nSPS) is 17.7. The number of rotatable bonds is 3. The Labute approximate surface area is 131 Å². The number of anilines is 1. The van der Waals surface area contributed by atoms with E-state index in [-0.39, 0.29) is 10.9 Å². The molecule has 0 saturated carbocycles. The van der Waals surface area contributed by atoms with Gasteiger partial charge >= 0.3 is 0 Å². The van der Waals surface area contributed by atoms with Gasteiger partial charge in [0.15, 0.2) is 0 Å². The number of hydrogen-bond donors (Lipinski definition) is 2. The molecule has 1 amide bonds. The fourth-order valence-corrected chi connectivity index (χ4v) is 2.93. The Hall–Kier alpha value is -0.730. The van der Waals surface area contributed by atoms with Crippen LogP contribution in [-0.4, -0.2) is 24.1 Å². The number of ether oxygens (including phenoxy) is 1. The number of halogens is 1. The quantitative estimate of drug-likeness (QED) is 0.614. The van der Waals surface area contributed by atoms with E-state index < -0.39 is 5.41 Å². The fraction of sp³-hybridized carbons (Fsp3) is 0.385. The second-order valence-electron chi connectivity index (χ2n) is 4.49. The maximum atomic E-state index is 12.5. The minimum Gasteiger partial charge on any atom is -0.392 e. The van der Waals surface area contributed by atoms with Crippen molar-refractivity contribution in [3.05, 3.63) is 27.8 Å². The van der Waals surface area contributed by atoms with E-state index in [9.17, 15) is 4.79 Å². The monoisotopic (exact) mass is 390 g/mol. The largest absolute Gasteiger partial charge is 0.392 e. The lowest BCUT2D eigenvalue weighted by Crippen LogP contribution is -2.49. The van der Waals surface area contributed by atoms with Crippen LogP contribution in [0.1, 0.15) is 12.8 Å². The third kappa shape index (κ3) is 3.06. The molecule has 19 heavy (non-hydrogen) atoms. The Morgan fingerprint density at radius 1 is 1.37 bits per heavy atom. The summed E-state index contributed by atoms with van der Waals surface area (Å²) in [7, 11) is 0. The van der Waals surface area contributed by atoms with Gasteiger partial charge in [0.25, 0.3) is 0 Å². The zero-order chi connectivity index (χ0) is 13.9. The first-order chi connectivity index (χ1) is 9.06. The number of amides is 1. The molecule has 0 radical (unpaired) electrons. The van der Waals surface area contributed by atoms with Gasteiger partial charge in [-0.15, -0.1) is 0 Å². The van der Waals surface area contributed by atoms with Crippen LogP contribution in [0, 0.1) is 8.99 Å². The van der Waals surface area contributed by atoms with Gasteiger partial charge in [0.1, 0.15) is 5.41 Å².